The first kappa shape index (κ1) is 12.7. The molecule has 0 saturated carbocycles. The zero-order chi connectivity index (χ0) is 11.2. The van der Waals surface area contributed by atoms with Crippen molar-refractivity contribution in [2.45, 2.75) is 40.0 Å². The van der Waals surface area contributed by atoms with Crippen LogP contribution in [0.5, 0.6) is 0 Å². The lowest BCUT2D eigenvalue weighted by Crippen LogP contribution is -2.10. The van der Waals surface area contributed by atoms with Crippen LogP contribution in [0.3, 0.4) is 0 Å². The molecule has 0 unspecified atom stereocenters. The zero-order valence-electron chi connectivity index (χ0n) is 9.76. The third kappa shape index (κ3) is 3.62. The van der Waals surface area contributed by atoms with E-state index in [1.165, 1.54) is 5.56 Å². The Bertz CT molecular complexity index is 313. The molecule has 0 aliphatic heterocycles. The Labute approximate surface area is 87.4 Å². The van der Waals surface area contributed by atoms with E-state index >= 15 is 0 Å². The molecule has 0 heterocycles. The summed E-state index contributed by atoms with van der Waals surface area (Å²) >= 11 is 0. The van der Waals surface area contributed by atoms with Crippen LogP contribution in [0.1, 0.15) is 45.7 Å². The lowest BCUT2D eigenvalue weighted by molar-refractivity contribution is 0.590. The molecular weight excluding hydrogens is 170 g/mol. The highest BCUT2D eigenvalue weighted by Gasteiger charge is 2.12. The van der Waals surface area contributed by atoms with E-state index in [1.54, 1.807) is 0 Å². The Hall–Kier alpha value is -1.29. The Morgan fingerprint density at radius 1 is 1.14 bits per heavy atom. The molecule has 0 bridgehead atoms. The molecule has 0 spiro atoms. The zero-order valence-corrected chi connectivity index (χ0v) is 9.76. The van der Waals surface area contributed by atoms with Crippen molar-refractivity contribution in [1.82, 2.24) is 0 Å². The van der Waals surface area contributed by atoms with Crippen molar-refractivity contribution in [3.8, 4) is 6.07 Å². The number of rotatable bonds is 0. The first-order valence-corrected chi connectivity index (χ1v) is 5.04. The highest BCUT2D eigenvalue weighted by atomic mass is 14.2. The lowest BCUT2D eigenvalue weighted by Gasteiger charge is -2.18. The van der Waals surface area contributed by atoms with E-state index in [4.69, 9.17) is 5.26 Å². The first-order chi connectivity index (χ1) is 6.54. The van der Waals surface area contributed by atoms with Gasteiger partial charge in [0.2, 0.25) is 0 Å². The molecule has 0 saturated heterocycles. The summed E-state index contributed by atoms with van der Waals surface area (Å²) in [5.41, 5.74) is 2.08. The molecule has 1 heteroatoms. The van der Waals surface area contributed by atoms with E-state index < -0.39 is 0 Å². The van der Waals surface area contributed by atoms with E-state index in [9.17, 15) is 0 Å². The Balaban J connectivity index is 0.000000791. The fourth-order valence-electron chi connectivity index (χ4n) is 1.06. The highest BCUT2D eigenvalue weighted by molar-refractivity contribution is 5.35. The van der Waals surface area contributed by atoms with E-state index in [1.807, 2.05) is 32.0 Å². The molecule has 76 valence electrons. The fourth-order valence-corrected chi connectivity index (χ4v) is 1.06. The van der Waals surface area contributed by atoms with Crippen LogP contribution in [0.15, 0.2) is 24.3 Å². The van der Waals surface area contributed by atoms with Crippen molar-refractivity contribution in [3.05, 3.63) is 35.4 Å². The van der Waals surface area contributed by atoms with Crippen LogP contribution in [0.4, 0.5) is 0 Å². The molecular formula is C13H19N. The summed E-state index contributed by atoms with van der Waals surface area (Å²) in [4.78, 5) is 0. The lowest BCUT2D eigenvalue weighted by atomic mass is 9.86. The SMILES string of the molecule is CC.CC(C)(C)c1cccc(C#N)c1. The number of nitriles is 1. The topological polar surface area (TPSA) is 23.8 Å². The Morgan fingerprint density at radius 2 is 1.71 bits per heavy atom. The quantitative estimate of drug-likeness (QED) is 0.607. The largest absolute Gasteiger partial charge is 0.192 e. The summed E-state index contributed by atoms with van der Waals surface area (Å²) in [6.45, 7) is 10.4. The fraction of sp³-hybridized carbons (Fsp3) is 0.462. The first-order valence-electron chi connectivity index (χ1n) is 5.04. The molecule has 1 aromatic carbocycles. The maximum absolute atomic E-state index is 8.68. The van der Waals surface area contributed by atoms with Gasteiger partial charge in [-0.2, -0.15) is 5.26 Å². The van der Waals surface area contributed by atoms with Crippen molar-refractivity contribution < 1.29 is 0 Å². The van der Waals surface area contributed by atoms with Crippen LogP contribution in [0, 0.1) is 11.3 Å². The second-order valence-electron chi connectivity index (χ2n) is 3.94. The van der Waals surface area contributed by atoms with Gasteiger partial charge in [-0.1, -0.05) is 46.8 Å². The van der Waals surface area contributed by atoms with Gasteiger partial charge < -0.3 is 0 Å². The predicted molar refractivity (Wildman–Crippen MR) is 61.2 cm³/mol. The van der Waals surface area contributed by atoms with E-state index in [0.29, 0.717) is 0 Å². The summed E-state index contributed by atoms with van der Waals surface area (Å²) in [5.74, 6) is 0. The summed E-state index contributed by atoms with van der Waals surface area (Å²) in [6, 6.07) is 9.90. The summed E-state index contributed by atoms with van der Waals surface area (Å²) in [6.07, 6.45) is 0. The Morgan fingerprint density at radius 3 is 2.14 bits per heavy atom. The second-order valence-corrected chi connectivity index (χ2v) is 3.94. The maximum Gasteiger partial charge on any atom is 0.0991 e. The number of nitrogens with zero attached hydrogens (tertiary/aromatic N) is 1. The Kier molecular flexibility index (Phi) is 4.94. The minimum absolute atomic E-state index is 0.132. The van der Waals surface area contributed by atoms with Crippen molar-refractivity contribution in [1.29, 1.82) is 5.26 Å². The van der Waals surface area contributed by atoms with Crippen LogP contribution in [0.25, 0.3) is 0 Å². The van der Waals surface area contributed by atoms with Gasteiger partial charge in [-0.3, -0.25) is 0 Å². The molecule has 0 radical (unpaired) electrons. The molecule has 0 fully saturated rings. The molecule has 1 nitrogen and oxygen atoms in total. The van der Waals surface area contributed by atoms with Crippen LogP contribution in [-0.4, -0.2) is 0 Å². The minimum atomic E-state index is 0.132. The van der Waals surface area contributed by atoms with Crippen LogP contribution >= 0.6 is 0 Å². The standard InChI is InChI=1S/C11H13N.C2H6/c1-11(2,3)10-6-4-5-9(7-10)8-12;1-2/h4-7H,1-3H3;1-2H3. The smallest absolute Gasteiger partial charge is 0.0991 e. The van der Waals surface area contributed by atoms with Crippen molar-refractivity contribution >= 4 is 0 Å². The highest BCUT2D eigenvalue weighted by Crippen LogP contribution is 2.22. The van der Waals surface area contributed by atoms with Crippen molar-refractivity contribution in [3.63, 3.8) is 0 Å². The molecule has 0 aromatic heterocycles. The number of hydrogen-bond acceptors (Lipinski definition) is 1. The predicted octanol–water partition coefficient (Wildman–Crippen LogP) is 3.88. The minimum Gasteiger partial charge on any atom is -0.192 e. The summed E-state index contributed by atoms with van der Waals surface area (Å²) in [5, 5.41) is 8.68. The van der Waals surface area contributed by atoms with Gasteiger partial charge in [0.05, 0.1) is 11.6 Å². The van der Waals surface area contributed by atoms with Gasteiger partial charge in [-0.05, 0) is 23.1 Å². The van der Waals surface area contributed by atoms with Gasteiger partial charge in [-0.25, -0.2) is 0 Å². The van der Waals surface area contributed by atoms with Gasteiger partial charge in [0, 0.05) is 0 Å². The molecule has 0 N–H and O–H groups in total. The van der Waals surface area contributed by atoms with Gasteiger partial charge in [0.15, 0.2) is 0 Å². The average Bonchev–Trinajstić information content (AvgIpc) is 2.20. The number of hydrogen-bond donors (Lipinski definition) is 0. The third-order valence-electron chi connectivity index (χ3n) is 1.86. The van der Waals surface area contributed by atoms with Crippen LogP contribution in [0.2, 0.25) is 0 Å². The van der Waals surface area contributed by atoms with Crippen molar-refractivity contribution in [2.75, 3.05) is 0 Å². The summed E-state index contributed by atoms with van der Waals surface area (Å²) in [7, 11) is 0. The maximum atomic E-state index is 8.68. The third-order valence-corrected chi connectivity index (χ3v) is 1.86. The second kappa shape index (κ2) is 5.44. The number of benzene rings is 1. The summed E-state index contributed by atoms with van der Waals surface area (Å²) < 4.78 is 0. The normalized spacial score (nSPS) is 9.71. The van der Waals surface area contributed by atoms with E-state index in [2.05, 4.69) is 32.9 Å². The average molecular weight is 189 g/mol. The van der Waals surface area contributed by atoms with Crippen LogP contribution in [-0.2, 0) is 5.41 Å². The molecule has 0 atom stereocenters. The molecule has 0 aliphatic rings. The van der Waals surface area contributed by atoms with E-state index in [0.717, 1.165) is 5.56 Å². The van der Waals surface area contributed by atoms with E-state index in [-0.39, 0.29) is 5.41 Å². The van der Waals surface area contributed by atoms with Gasteiger partial charge >= 0.3 is 0 Å². The molecule has 14 heavy (non-hydrogen) atoms. The van der Waals surface area contributed by atoms with Gasteiger partial charge in [0.25, 0.3) is 0 Å². The molecule has 0 amide bonds. The van der Waals surface area contributed by atoms with Crippen molar-refractivity contribution in [2.24, 2.45) is 0 Å². The molecule has 1 aromatic rings. The molecule has 0 aliphatic carbocycles. The van der Waals surface area contributed by atoms with Crippen LogP contribution < -0.4 is 0 Å². The van der Waals surface area contributed by atoms with Gasteiger partial charge in [0.1, 0.15) is 0 Å². The molecule has 1 rings (SSSR count). The monoisotopic (exact) mass is 189 g/mol. The van der Waals surface area contributed by atoms with Gasteiger partial charge in [-0.15, -0.1) is 0 Å².